The van der Waals surface area contributed by atoms with Gasteiger partial charge in [-0.2, -0.15) is 0 Å². The second-order valence-electron chi connectivity index (χ2n) is 7.72. The van der Waals surface area contributed by atoms with Gasteiger partial charge >= 0.3 is 17.2 Å². The minimum Gasteiger partial charge on any atom is -0.454 e. The molecular formula is C26H13BrO8. The van der Waals surface area contributed by atoms with E-state index in [0.29, 0.717) is 33.4 Å². The van der Waals surface area contributed by atoms with Crippen LogP contribution in [0.5, 0.6) is 17.2 Å². The molecule has 1 aliphatic heterocycles. The Morgan fingerprint density at radius 3 is 2.54 bits per heavy atom. The molecule has 0 unspecified atom stereocenters. The van der Waals surface area contributed by atoms with Gasteiger partial charge in [-0.3, -0.25) is 0 Å². The highest BCUT2D eigenvalue weighted by Gasteiger charge is 2.19. The Morgan fingerprint density at radius 1 is 0.800 bits per heavy atom. The van der Waals surface area contributed by atoms with Gasteiger partial charge in [-0.1, -0.05) is 15.9 Å². The van der Waals surface area contributed by atoms with Crippen LogP contribution in [0, 0.1) is 0 Å². The number of halogens is 1. The molecule has 35 heavy (non-hydrogen) atoms. The van der Waals surface area contributed by atoms with Gasteiger partial charge in [-0.25, -0.2) is 14.4 Å². The SMILES string of the molecule is O=C(Oc1ccc2c(-c3cc4cc(Br)ccc4oc3=O)cc(=O)oc2c1)c1ccc2c(c1)OCO2. The van der Waals surface area contributed by atoms with Crippen LogP contribution in [0.25, 0.3) is 33.1 Å². The van der Waals surface area contributed by atoms with Gasteiger partial charge in [0.25, 0.3) is 0 Å². The summed E-state index contributed by atoms with van der Waals surface area (Å²) < 4.78 is 27.6. The molecule has 6 rings (SSSR count). The van der Waals surface area contributed by atoms with Crippen molar-refractivity contribution in [2.75, 3.05) is 6.79 Å². The summed E-state index contributed by atoms with van der Waals surface area (Å²) in [5.41, 5.74) is 0.137. The lowest BCUT2D eigenvalue weighted by Crippen LogP contribution is -2.09. The van der Waals surface area contributed by atoms with Gasteiger partial charge in [-0.15, -0.1) is 0 Å². The number of esters is 1. The van der Waals surface area contributed by atoms with Gasteiger partial charge in [0.05, 0.1) is 11.1 Å². The average molecular weight is 533 g/mol. The van der Waals surface area contributed by atoms with Gasteiger partial charge in [-0.05, 0) is 54.6 Å². The van der Waals surface area contributed by atoms with Crippen molar-refractivity contribution in [3.63, 3.8) is 0 Å². The van der Waals surface area contributed by atoms with E-state index in [0.717, 1.165) is 4.47 Å². The molecule has 0 atom stereocenters. The van der Waals surface area contributed by atoms with E-state index >= 15 is 0 Å². The van der Waals surface area contributed by atoms with E-state index in [1.165, 1.54) is 18.2 Å². The highest BCUT2D eigenvalue weighted by Crippen LogP contribution is 2.34. The first-order valence-electron chi connectivity index (χ1n) is 10.4. The van der Waals surface area contributed by atoms with E-state index in [1.54, 1.807) is 42.5 Å². The van der Waals surface area contributed by atoms with E-state index in [1.807, 2.05) is 6.07 Å². The summed E-state index contributed by atoms with van der Waals surface area (Å²) in [6.07, 6.45) is 0. The third kappa shape index (κ3) is 3.85. The van der Waals surface area contributed by atoms with Crippen LogP contribution in [0.4, 0.5) is 0 Å². The molecule has 0 aliphatic carbocycles. The van der Waals surface area contributed by atoms with E-state index < -0.39 is 17.2 Å². The lowest BCUT2D eigenvalue weighted by molar-refractivity contribution is 0.0734. The van der Waals surface area contributed by atoms with Crippen LogP contribution in [0.1, 0.15) is 10.4 Å². The molecule has 1 aliphatic rings. The number of carbonyl (C=O) groups excluding carboxylic acids is 1. The maximum atomic E-state index is 12.7. The third-order valence-electron chi connectivity index (χ3n) is 5.52. The summed E-state index contributed by atoms with van der Waals surface area (Å²) in [5, 5.41) is 1.17. The predicted molar refractivity (Wildman–Crippen MR) is 129 cm³/mol. The van der Waals surface area contributed by atoms with Gasteiger partial charge in [0.15, 0.2) is 11.5 Å². The zero-order valence-electron chi connectivity index (χ0n) is 17.7. The van der Waals surface area contributed by atoms with Crippen LogP contribution in [-0.2, 0) is 0 Å². The average Bonchev–Trinajstić information content (AvgIpc) is 3.31. The molecule has 0 radical (unpaired) electrons. The van der Waals surface area contributed by atoms with Gasteiger partial charge < -0.3 is 23.0 Å². The molecular weight excluding hydrogens is 520 g/mol. The first kappa shape index (κ1) is 21.2. The van der Waals surface area contributed by atoms with Crippen molar-refractivity contribution in [1.29, 1.82) is 0 Å². The number of hydrogen-bond acceptors (Lipinski definition) is 8. The molecule has 3 aromatic carbocycles. The highest BCUT2D eigenvalue weighted by atomic mass is 79.9. The smallest absolute Gasteiger partial charge is 0.344 e. The van der Waals surface area contributed by atoms with Crippen molar-refractivity contribution >= 4 is 43.8 Å². The summed E-state index contributed by atoms with van der Waals surface area (Å²) in [7, 11) is 0. The van der Waals surface area contributed by atoms with E-state index in [9.17, 15) is 14.4 Å². The molecule has 2 aromatic heterocycles. The van der Waals surface area contributed by atoms with E-state index in [4.69, 9.17) is 23.0 Å². The first-order valence-corrected chi connectivity index (χ1v) is 11.2. The standard InChI is InChI=1S/C26H13BrO8/c27-15-2-6-20-14(7-15)8-19(26(30)35-20)18-11-24(28)34-22-10-16(3-4-17(18)22)33-25(29)13-1-5-21-23(9-13)32-12-31-21/h1-11H,12H2. The normalized spacial score (nSPS) is 12.3. The van der Waals surface area contributed by atoms with Crippen molar-refractivity contribution in [3.8, 4) is 28.4 Å². The zero-order valence-corrected chi connectivity index (χ0v) is 19.3. The maximum Gasteiger partial charge on any atom is 0.344 e. The van der Waals surface area contributed by atoms with E-state index in [2.05, 4.69) is 15.9 Å². The number of hydrogen-bond donors (Lipinski definition) is 0. The number of carbonyl (C=O) groups is 1. The number of benzene rings is 3. The summed E-state index contributed by atoms with van der Waals surface area (Å²) in [4.78, 5) is 37.7. The van der Waals surface area contributed by atoms with Gasteiger partial charge in [0, 0.05) is 32.9 Å². The van der Waals surface area contributed by atoms with Crippen LogP contribution in [0.2, 0.25) is 0 Å². The quantitative estimate of drug-likeness (QED) is 0.175. The van der Waals surface area contributed by atoms with Crippen LogP contribution in [0.15, 0.2) is 89.6 Å². The van der Waals surface area contributed by atoms with Crippen LogP contribution < -0.4 is 25.5 Å². The molecule has 0 N–H and O–H groups in total. The zero-order chi connectivity index (χ0) is 24.1. The van der Waals surface area contributed by atoms with Gasteiger partial charge in [0.1, 0.15) is 16.9 Å². The fraction of sp³-hybridized carbons (Fsp3) is 0.0385. The van der Waals surface area contributed by atoms with Crippen molar-refractivity contribution in [1.82, 2.24) is 0 Å². The van der Waals surface area contributed by atoms with Crippen LogP contribution >= 0.6 is 15.9 Å². The summed E-state index contributed by atoms with van der Waals surface area (Å²) in [6, 6.07) is 17.5. The third-order valence-corrected chi connectivity index (χ3v) is 6.01. The molecule has 0 spiro atoms. The van der Waals surface area contributed by atoms with Crippen molar-refractivity contribution < 1.29 is 27.8 Å². The Kier molecular flexibility index (Phi) is 4.93. The second kappa shape index (κ2) is 8.14. The van der Waals surface area contributed by atoms with Crippen molar-refractivity contribution in [2.45, 2.75) is 0 Å². The van der Waals surface area contributed by atoms with Crippen LogP contribution in [-0.4, -0.2) is 12.8 Å². The highest BCUT2D eigenvalue weighted by molar-refractivity contribution is 9.10. The Balaban J connectivity index is 1.40. The predicted octanol–water partition coefficient (Wildman–Crippen LogP) is 5.28. The lowest BCUT2D eigenvalue weighted by atomic mass is 10.0. The number of fused-ring (bicyclic) bond motifs is 3. The molecule has 5 aromatic rings. The summed E-state index contributed by atoms with van der Waals surface area (Å²) >= 11 is 3.40. The molecule has 0 saturated heterocycles. The molecule has 3 heterocycles. The fourth-order valence-corrected chi connectivity index (χ4v) is 4.28. The Morgan fingerprint density at radius 2 is 1.66 bits per heavy atom. The fourth-order valence-electron chi connectivity index (χ4n) is 3.90. The molecule has 0 bridgehead atoms. The summed E-state index contributed by atoms with van der Waals surface area (Å²) in [5.74, 6) is 0.541. The monoisotopic (exact) mass is 532 g/mol. The maximum absolute atomic E-state index is 12.7. The minimum atomic E-state index is -0.666. The molecule has 8 nitrogen and oxygen atoms in total. The number of ether oxygens (including phenoxy) is 3. The second-order valence-corrected chi connectivity index (χ2v) is 8.64. The van der Waals surface area contributed by atoms with Crippen molar-refractivity contribution in [2.24, 2.45) is 0 Å². The molecule has 172 valence electrons. The molecule has 0 fully saturated rings. The van der Waals surface area contributed by atoms with E-state index in [-0.39, 0.29) is 29.3 Å². The minimum absolute atomic E-state index is 0.0900. The number of rotatable bonds is 3. The van der Waals surface area contributed by atoms with Gasteiger partial charge in [0.2, 0.25) is 6.79 Å². The summed E-state index contributed by atoms with van der Waals surface area (Å²) in [6.45, 7) is 0.0900. The molecule has 0 amide bonds. The topological polar surface area (TPSA) is 105 Å². The lowest BCUT2D eigenvalue weighted by Gasteiger charge is -2.09. The van der Waals surface area contributed by atoms with Crippen LogP contribution in [0.3, 0.4) is 0 Å². The van der Waals surface area contributed by atoms with Crippen molar-refractivity contribution in [3.05, 3.63) is 97.6 Å². The Hall–Kier alpha value is -4.37. The molecule has 9 heteroatoms. The Bertz CT molecular complexity index is 1780. The Labute approximate surface area is 204 Å². The first-order chi connectivity index (χ1) is 16.9. The largest absolute Gasteiger partial charge is 0.454 e. The molecule has 0 saturated carbocycles.